The highest BCUT2D eigenvalue weighted by atomic mass is 35.5. The van der Waals surface area contributed by atoms with Gasteiger partial charge in [0.1, 0.15) is 11.5 Å². The van der Waals surface area contributed by atoms with E-state index in [9.17, 15) is 19.5 Å². The Morgan fingerprint density at radius 1 is 1.05 bits per heavy atom. The summed E-state index contributed by atoms with van der Waals surface area (Å²) in [5, 5.41) is 13.1. The van der Waals surface area contributed by atoms with Gasteiger partial charge in [-0.3, -0.25) is 19.7 Å². The van der Waals surface area contributed by atoms with E-state index < -0.39 is 23.2 Å². The number of nitrogens with one attached hydrogen (secondary N) is 1. The highest BCUT2D eigenvalue weighted by molar-refractivity contribution is 6.40. The van der Waals surface area contributed by atoms with E-state index in [2.05, 4.69) is 5.32 Å². The number of rotatable bonds is 10. The Morgan fingerprint density at radius 3 is 2.25 bits per heavy atom. The zero-order chi connectivity index (χ0) is 29.8. The average Bonchev–Trinajstić information content (AvgIpc) is 3.31. The molecular weight excluding hydrogens is 555 g/mol. The van der Waals surface area contributed by atoms with Crippen molar-refractivity contribution in [2.45, 2.75) is 47.0 Å². The number of hydrogen-bond acceptors (Lipinski definition) is 5. The van der Waals surface area contributed by atoms with Crippen molar-refractivity contribution in [3.63, 3.8) is 0 Å². The summed E-state index contributed by atoms with van der Waals surface area (Å²) >= 11 is 12.2. The number of halogens is 2. The number of amides is 2. The van der Waals surface area contributed by atoms with Gasteiger partial charge in [-0.2, -0.15) is 0 Å². The fourth-order valence-corrected chi connectivity index (χ4v) is 4.76. The lowest BCUT2D eigenvalue weighted by molar-refractivity contribution is -0.138. The van der Waals surface area contributed by atoms with Gasteiger partial charge in [-0.25, -0.2) is 0 Å². The van der Waals surface area contributed by atoms with Crippen LogP contribution in [-0.4, -0.2) is 36.5 Å². The molecule has 0 aliphatic rings. The van der Waals surface area contributed by atoms with E-state index >= 15 is 0 Å². The zero-order valence-electron chi connectivity index (χ0n) is 23.4. The second kappa shape index (κ2) is 12.8. The van der Waals surface area contributed by atoms with Crippen LogP contribution in [0.5, 0.6) is 5.75 Å². The van der Waals surface area contributed by atoms with Crippen LogP contribution in [0.3, 0.4) is 0 Å². The van der Waals surface area contributed by atoms with Crippen LogP contribution in [-0.2, 0) is 16.0 Å². The van der Waals surface area contributed by atoms with Crippen LogP contribution in [0.4, 0.5) is 11.6 Å². The minimum atomic E-state index is -1.07. The number of aliphatic carboxylic acids is 1. The van der Waals surface area contributed by atoms with Gasteiger partial charge in [0.25, 0.3) is 5.91 Å². The molecule has 1 aromatic heterocycles. The molecule has 0 fully saturated rings. The molecule has 0 bridgehead atoms. The standard InChI is InChI=1S/C30H34Cl2N2O6/c1-17(2)16-34(29(38)30(3,4)5)23-14-18(10-12-24(23)39-6)20(28(36)37)15-19-11-13-25(40-19)33-27(35)26-21(31)8-7-9-22(26)32/h7-14,17,20H,15-16H2,1-6H3,(H,33,35)(H,36,37). The molecule has 1 heterocycles. The number of nitrogens with zero attached hydrogens (tertiary/aromatic N) is 1. The molecule has 8 nitrogen and oxygen atoms in total. The number of carboxylic acids is 1. The van der Waals surface area contributed by atoms with E-state index in [4.69, 9.17) is 32.4 Å². The molecule has 2 amide bonds. The number of ether oxygens (including phenoxy) is 1. The van der Waals surface area contributed by atoms with Crippen molar-refractivity contribution >= 4 is 52.6 Å². The third-order valence-electron chi connectivity index (χ3n) is 6.12. The van der Waals surface area contributed by atoms with Crippen LogP contribution >= 0.6 is 23.2 Å². The minimum absolute atomic E-state index is 0.00121. The number of carboxylic acid groups (broad SMARTS) is 1. The van der Waals surface area contributed by atoms with E-state index in [1.165, 1.54) is 13.2 Å². The smallest absolute Gasteiger partial charge is 0.311 e. The maximum atomic E-state index is 13.4. The van der Waals surface area contributed by atoms with Gasteiger partial charge in [-0.05, 0) is 41.8 Å². The summed E-state index contributed by atoms with van der Waals surface area (Å²) in [5.41, 5.74) is 0.423. The van der Waals surface area contributed by atoms with Gasteiger partial charge >= 0.3 is 5.97 Å². The first-order valence-corrected chi connectivity index (χ1v) is 13.5. The van der Waals surface area contributed by atoms with Crippen LogP contribution in [0.15, 0.2) is 52.9 Å². The molecule has 2 N–H and O–H groups in total. The van der Waals surface area contributed by atoms with Gasteiger partial charge in [0, 0.05) is 24.4 Å². The first-order chi connectivity index (χ1) is 18.7. The maximum absolute atomic E-state index is 13.4. The molecule has 10 heteroatoms. The highest BCUT2D eigenvalue weighted by Crippen LogP contribution is 2.36. The first-order valence-electron chi connectivity index (χ1n) is 12.8. The molecule has 3 rings (SSSR count). The SMILES string of the molecule is COc1ccc(C(Cc2ccc(NC(=O)c3c(Cl)cccc3Cl)o2)C(=O)O)cc1N(CC(C)C)C(=O)C(C)(C)C. The summed E-state index contributed by atoms with van der Waals surface area (Å²) in [7, 11) is 1.51. The van der Waals surface area contributed by atoms with Crippen LogP contribution in [0, 0.1) is 11.3 Å². The lowest BCUT2D eigenvalue weighted by atomic mass is 9.91. The number of hydrogen-bond donors (Lipinski definition) is 2. The molecule has 1 atom stereocenters. The molecule has 40 heavy (non-hydrogen) atoms. The lowest BCUT2D eigenvalue weighted by Gasteiger charge is -2.32. The molecule has 214 valence electrons. The van der Waals surface area contributed by atoms with Crippen molar-refractivity contribution in [1.29, 1.82) is 0 Å². The quantitative estimate of drug-likeness (QED) is 0.257. The lowest BCUT2D eigenvalue weighted by Crippen LogP contribution is -2.42. The fourth-order valence-electron chi connectivity index (χ4n) is 4.19. The van der Waals surface area contributed by atoms with Crippen LogP contribution in [0.1, 0.15) is 62.2 Å². The van der Waals surface area contributed by atoms with Crippen molar-refractivity contribution in [1.82, 2.24) is 0 Å². The second-order valence-corrected chi connectivity index (χ2v) is 11.7. The Bertz CT molecular complexity index is 1370. The Balaban J connectivity index is 1.91. The van der Waals surface area contributed by atoms with E-state index in [0.29, 0.717) is 29.3 Å². The molecular formula is C30H34Cl2N2O6. The summed E-state index contributed by atoms with van der Waals surface area (Å²) in [5.74, 6) is -1.64. The number of furan rings is 1. The van der Waals surface area contributed by atoms with Crippen molar-refractivity contribution in [2.75, 3.05) is 23.9 Å². The summed E-state index contributed by atoms with van der Waals surface area (Å²) in [6.45, 7) is 9.97. The summed E-state index contributed by atoms with van der Waals surface area (Å²) in [6, 6.07) is 12.9. The number of carbonyl (C=O) groups is 3. The van der Waals surface area contributed by atoms with Crippen molar-refractivity contribution in [3.05, 3.63) is 75.5 Å². The average molecular weight is 590 g/mol. The Kier molecular flexibility index (Phi) is 9.92. The number of benzene rings is 2. The molecule has 0 aliphatic carbocycles. The largest absolute Gasteiger partial charge is 0.495 e. The van der Waals surface area contributed by atoms with Gasteiger partial charge in [0.2, 0.25) is 5.91 Å². The summed E-state index contributed by atoms with van der Waals surface area (Å²) in [4.78, 5) is 40.2. The van der Waals surface area contributed by atoms with E-state index in [0.717, 1.165) is 0 Å². The van der Waals surface area contributed by atoms with Crippen LogP contribution in [0.2, 0.25) is 10.0 Å². The van der Waals surface area contributed by atoms with Crippen molar-refractivity contribution in [2.24, 2.45) is 11.3 Å². The van der Waals surface area contributed by atoms with Gasteiger partial charge in [0.15, 0.2) is 5.88 Å². The van der Waals surface area contributed by atoms with Gasteiger partial charge in [-0.1, -0.05) is 70.0 Å². The van der Waals surface area contributed by atoms with E-state index in [-0.39, 0.29) is 39.7 Å². The normalized spacial score (nSPS) is 12.2. The van der Waals surface area contributed by atoms with Crippen molar-refractivity contribution in [3.8, 4) is 5.75 Å². The molecule has 2 aromatic carbocycles. The topological polar surface area (TPSA) is 109 Å². The number of anilines is 2. The monoisotopic (exact) mass is 588 g/mol. The molecule has 1 unspecified atom stereocenters. The highest BCUT2D eigenvalue weighted by Gasteiger charge is 2.32. The third-order valence-corrected chi connectivity index (χ3v) is 6.75. The maximum Gasteiger partial charge on any atom is 0.311 e. The number of methoxy groups -OCH3 is 1. The molecule has 0 spiro atoms. The van der Waals surface area contributed by atoms with Gasteiger partial charge < -0.3 is 19.2 Å². The Hall–Kier alpha value is -3.49. The van der Waals surface area contributed by atoms with E-state index in [1.807, 2.05) is 34.6 Å². The molecule has 0 saturated carbocycles. The van der Waals surface area contributed by atoms with E-state index in [1.54, 1.807) is 47.4 Å². The summed E-state index contributed by atoms with van der Waals surface area (Å²) < 4.78 is 11.3. The first kappa shape index (κ1) is 31.0. The van der Waals surface area contributed by atoms with Crippen molar-refractivity contribution < 1.29 is 28.6 Å². The predicted octanol–water partition coefficient (Wildman–Crippen LogP) is 7.29. The molecule has 3 aromatic rings. The van der Waals surface area contributed by atoms with Crippen LogP contribution < -0.4 is 15.0 Å². The summed E-state index contributed by atoms with van der Waals surface area (Å²) in [6.07, 6.45) is 0.00121. The predicted molar refractivity (Wildman–Crippen MR) is 157 cm³/mol. The zero-order valence-corrected chi connectivity index (χ0v) is 24.9. The van der Waals surface area contributed by atoms with Gasteiger partial charge in [-0.15, -0.1) is 0 Å². The van der Waals surface area contributed by atoms with Gasteiger partial charge in [0.05, 0.1) is 34.3 Å². The Morgan fingerprint density at radius 2 is 1.70 bits per heavy atom. The fraction of sp³-hybridized carbons (Fsp3) is 0.367. The molecule has 0 saturated heterocycles. The third kappa shape index (κ3) is 7.37. The number of carbonyl (C=O) groups excluding carboxylic acids is 2. The second-order valence-electron chi connectivity index (χ2n) is 10.9. The molecule has 0 aliphatic heterocycles. The Labute approximate surface area is 244 Å². The minimum Gasteiger partial charge on any atom is -0.495 e. The van der Waals surface area contributed by atoms with Crippen LogP contribution in [0.25, 0.3) is 0 Å². The molecule has 0 radical (unpaired) electrons.